The molecule has 2 bridgehead atoms. The van der Waals surface area contributed by atoms with Gasteiger partial charge in [-0.25, -0.2) is 14.0 Å². The Morgan fingerprint density at radius 2 is 1.65 bits per heavy atom. The summed E-state index contributed by atoms with van der Waals surface area (Å²) in [7, 11) is 1.75. The van der Waals surface area contributed by atoms with Crippen LogP contribution in [0.5, 0.6) is 0 Å². The largest absolute Gasteiger partial charge is 0.478 e. The molecule has 34 heavy (non-hydrogen) atoms. The summed E-state index contributed by atoms with van der Waals surface area (Å²) in [5, 5.41) is 15.6. The minimum absolute atomic E-state index is 0.0128. The zero-order chi connectivity index (χ0) is 24.6. The van der Waals surface area contributed by atoms with Crippen LogP contribution in [0.3, 0.4) is 0 Å². The Hall–Kier alpha value is -2.69. The van der Waals surface area contributed by atoms with Crippen LogP contribution < -0.4 is 0 Å². The van der Waals surface area contributed by atoms with Gasteiger partial charge in [-0.2, -0.15) is 0 Å². The standard InChI is InChI=1S/C23H30FNO.C4H4O4/c1-26-22(18-25-16-12-19(22)13-17-25)14-15-23(24,20-8-4-2-5-9-20)21-10-6-3-7-11-21;5-3(6)1-2-4(7)8/h2,4-5,8-9,19,21H,3,6-7,10-13,16-18H2,1H3;1-2H,(H,5,6)(H,7,8)/t22-,23?;/m1./s1. The summed E-state index contributed by atoms with van der Waals surface area (Å²) in [6.45, 7) is 3.07. The maximum atomic E-state index is 16.5. The molecule has 5 rings (SSSR count). The Bertz CT molecular complexity index is 909. The molecule has 1 saturated carbocycles. The maximum Gasteiger partial charge on any atom is 0.328 e. The van der Waals surface area contributed by atoms with Gasteiger partial charge in [-0.3, -0.25) is 4.90 Å². The van der Waals surface area contributed by atoms with E-state index in [1.807, 2.05) is 30.3 Å². The Labute approximate surface area is 200 Å². The van der Waals surface area contributed by atoms with Crippen molar-refractivity contribution in [2.45, 2.75) is 56.2 Å². The second-order valence-electron chi connectivity index (χ2n) is 9.32. The van der Waals surface area contributed by atoms with E-state index in [-0.39, 0.29) is 5.92 Å². The molecule has 6 nitrogen and oxygen atoms in total. The summed E-state index contributed by atoms with van der Waals surface area (Å²) in [5.74, 6) is 4.42. The van der Waals surface area contributed by atoms with Crippen molar-refractivity contribution in [3.05, 3.63) is 48.0 Å². The number of alkyl halides is 1. The fourth-order valence-corrected chi connectivity index (χ4v) is 5.37. The molecule has 2 atom stereocenters. The Kier molecular flexibility index (Phi) is 8.87. The number of carbonyl (C=O) groups is 2. The minimum Gasteiger partial charge on any atom is -0.478 e. The van der Waals surface area contributed by atoms with Crippen LogP contribution in [0.25, 0.3) is 0 Å². The van der Waals surface area contributed by atoms with Gasteiger partial charge in [-0.05, 0) is 38.8 Å². The van der Waals surface area contributed by atoms with Crippen molar-refractivity contribution in [2.75, 3.05) is 26.7 Å². The van der Waals surface area contributed by atoms with Crippen LogP contribution in [0.15, 0.2) is 42.5 Å². The number of rotatable bonds is 5. The van der Waals surface area contributed by atoms with Gasteiger partial charge in [0.05, 0.1) is 0 Å². The zero-order valence-electron chi connectivity index (χ0n) is 19.7. The second kappa shape index (κ2) is 11.6. The maximum absolute atomic E-state index is 16.5. The van der Waals surface area contributed by atoms with Crippen molar-refractivity contribution in [2.24, 2.45) is 11.8 Å². The number of carboxylic acid groups (broad SMARTS) is 2. The Morgan fingerprint density at radius 3 is 2.12 bits per heavy atom. The van der Waals surface area contributed by atoms with Crippen LogP contribution in [0.4, 0.5) is 4.39 Å². The summed E-state index contributed by atoms with van der Waals surface area (Å²) in [6.07, 6.45) is 8.62. The lowest BCUT2D eigenvalue weighted by Gasteiger charge is -2.50. The number of hydrogen-bond donors (Lipinski definition) is 2. The van der Waals surface area contributed by atoms with Gasteiger partial charge in [-0.15, -0.1) is 0 Å². The highest BCUT2D eigenvalue weighted by Crippen LogP contribution is 2.43. The van der Waals surface area contributed by atoms with Gasteiger partial charge in [0, 0.05) is 43.2 Å². The van der Waals surface area contributed by atoms with E-state index in [9.17, 15) is 9.59 Å². The van der Waals surface area contributed by atoms with Crippen molar-refractivity contribution < 1.29 is 28.9 Å². The number of hydrogen-bond acceptors (Lipinski definition) is 4. The summed E-state index contributed by atoms with van der Waals surface area (Å²) < 4.78 is 22.4. The number of fused-ring (bicyclic) bond motifs is 3. The van der Waals surface area contributed by atoms with E-state index in [4.69, 9.17) is 14.9 Å². The van der Waals surface area contributed by atoms with E-state index >= 15 is 4.39 Å². The van der Waals surface area contributed by atoms with Gasteiger partial charge in [0.2, 0.25) is 0 Å². The SMILES string of the molecule is CO[C@]1(C#CC(F)(c2ccccc2)C2CCCCC2)CN2CCC1CC2.O=C(O)C=CC(=O)O. The van der Waals surface area contributed by atoms with Crippen LogP contribution in [-0.2, 0) is 20.0 Å². The molecule has 184 valence electrons. The molecule has 7 heteroatoms. The van der Waals surface area contributed by atoms with Gasteiger partial charge < -0.3 is 14.9 Å². The first kappa shape index (κ1) is 25.9. The van der Waals surface area contributed by atoms with Crippen molar-refractivity contribution in [3.63, 3.8) is 0 Å². The van der Waals surface area contributed by atoms with E-state index in [2.05, 4.69) is 16.7 Å². The summed E-state index contributed by atoms with van der Waals surface area (Å²) >= 11 is 0. The molecule has 4 fully saturated rings. The third kappa shape index (κ3) is 6.25. The van der Waals surface area contributed by atoms with Crippen molar-refractivity contribution >= 4 is 11.9 Å². The van der Waals surface area contributed by atoms with Crippen LogP contribution >= 0.6 is 0 Å². The highest BCUT2D eigenvalue weighted by molar-refractivity contribution is 5.89. The smallest absolute Gasteiger partial charge is 0.328 e. The number of nitrogens with zero attached hydrogens (tertiary/aromatic N) is 1. The first-order valence-corrected chi connectivity index (χ1v) is 12.0. The van der Waals surface area contributed by atoms with Crippen molar-refractivity contribution in [1.29, 1.82) is 0 Å². The average Bonchev–Trinajstić information content (AvgIpc) is 2.88. The summed E-state index contributed by atoms with van der Waals surface area (Å²) in [6, 6.07) is 9.60. The monoisotopic (exact) mass is 471 g/mol. The third-order valence-corrected chi connectivity index (χ3v) is 7.26. The molecule has 4 aliphatic rings. The highest BCUT2D eigenvalue weighted by Gasteiger charge is 2.47. The molecule has 1 aromatic carbocycles. The average molecular weight is 472 g/mol. The molecular weight excluding hydrogens is 437 g/mol. The highest BCUT2D eigenvalue weighted by atomic mass is 19.1. The molecule has 1 aliphatic carbocycles. The molecule has 2 N–H and O–H groups in total. The molecule has 3 aliphatic heterocycles. The van der Waals surface area contributed by atoms with Gasteiger partial charge in [-0.1, -0.05) is 61.4 Å². The normalized spacial score (nSPS) is 28.2. The second-order valence-corrected chi connectivity index (χ2v) is 9.32. The molecule has 0 radical (unpaired) electrons. The van der Waals surface area contributed by atoms with Crippen molar-refractivity contribution in [3.8, 4) is 11.8 Å². The number of benzene rings is 1. The molecular formula is C27H34FNO5. The topological polar surface area (TPSA) is 87.1 Å². The van der Waals surface area contributed by atoms with Crippen LogP contribution in [0.2, 0.25) is 0 Å². The first-order valence-electron chi connectivity index (χ1n) is 12.0. The fraction of sp³-hybridized carbons (Fsp3) is 0.556. The van der Waals surface area contributed by atoms with E-state index < -0.39 is 23.2 Å². The Balaban J connectivity index is 0.000000350. The van der Waals surface area contributed by atoms with E-state index in [1.165, 1.54) is 6.42 Å². The molecule has 1 aromatic rings. The Morgan fingerprint density at radius 1 is 1.06 bits per heavy atom. The van der Waals surface area contributed by atoms with E-state index in [1.54, 1.807) is 7.11 Å². The summed E-state index contributed by atoms with van der Waals surface area (Å²) in [5.41, 5.74) is -1.36. The molecule has 3 saturated heterocycles. The van der Waals surface area contributed by atoms with Gasteiger partial charge in [0.15, 0.2) is 5.67 Å². The molecule has 0 spiro atoms. The first-order chi connectivity index (χ1) is 16.3. The lowest BCUT2D eigenvalue weighted by molar-refractivity contribution is -0.134. The predicted molar refractivity (Wildman–Crippen MR) is 127 cm³/mol. The number of halogens is 1. The van der Waals surface area contributed by atoms with E-state index in [0.717, 1.165) is 58.2 Å². The third-order valence-electron chi connectivity index (χ3n) is 7.26. The van der Waals surface area contributed by atoms with Crippen LogP contribution in [0.1, 0.15) is 50.5 Å². The van der Waals surface area contributed by atoms with Crippen LogP contribution in [-0.4, -0.2) is 59.4 Å². The predicted octanol–water partition coefficient (Wildman–Crippen LogP) is 4.26. The lowest BCUT2D eigenvalue weighted by atomic mass is 9.72. The van der Waals surface area contributed by atoms with Gasteiger partial charge >= 0.3 is 11.9 Å². The fourth-order valence-electron chi connectivity index (χ4n) is 5.37. The van der Waals surface area contributed by atoms with Gasteiger partial charge in [0.25, 0.3) is 0 Å². The number of carboxylic acids is 2. The number of methoxy groups -OCH3 is 1. The van der Waals surface area contributed by atoms with Crippen molar-refractivity contribution in [1.82, 2.24) is 4.90 Å². The summed E-state index contributed by atoms with van der Waals surface area (Å²) in [4.78, 5) is 21.5. The molecule has 1 unspecified atom stereocenters. The molecule has 0 amide bonds. The molecule has 0 aromatic heterocycles. The number of aliphatic carboxylic acids is 2. The number of piperidine rings is 3. The zero-order valence-corrected chi connectivity index (χ0v) is 19.7. The number of ether oxygens (including phenoxy) is 1. The van der Waals surface area contributed by atoms with Crippen LogP contribution in [0, 0.1) is 23.7 Å². The minimum atomic E-state index is -1.57. The van der Waals surface area contributed by atoms with E-state index in [0.29, 0.717) is 23.6 Å². The van der Waals surface area contributed by atoms with Gasteiger partial charge in [0.1, 0.15) is 5.60 Å². The lowest BCUT2D eigenvalue weighted by Crippen LogP contribution is -2.59. The molecule has 3 heterocycles. The quantitative estimate of drug-likeness (QED) is 0.493.